The third kappa shape index (κ3) is 2.93. The van der Waals surface area contributed by atoms with E-state index in [1.807, 2.05) is 0 Å². The van der Waals surface area contributed by atoms with Gasteiger partial charge in [0.25, 0.3) is 5.69 Å². The summed E-state index contributed by atoms with van der Waals surface area (Å²) in [4.78, 5) is 23.5. The first kappa shape index (κ1) is 13.9. The van der Waals surface area contributed by atoms with E-state index >= 15 is 0 Å². The quantitative estimate of drug-likeness (QED) is 0.474. The number of rotatable bonds is 3. The number of nitrogens with zero attached hydrogens (tertiary/aromatic N) is 2. The van der Waals surface area contributed by atoms with Crippen LogP contribution in [0.25, 0.3) is 0 Å². The predicted octanol–water partition coefficient (Wildman–Crippen LogP) is 2.19. The highest BCUT2D eigenvalue weighted by atomic mass is 19.4. The van der Waals surface area contributed by atoms with Gasteiger partial charge in [0.2, 0.25) is 0 Å². The number of halogens is 3. The average molecular weight is 264 g/mol. The van der Waals surface area contributed by atoms with Crippen molar-refractivity contribution in [1.82, 2.24) is 4.98 Å². The van der Waals surface area contributed by atoms with Gasteiger partial charge in [-0.15, -0.1) is 0 Å². The van der Waals surface area contributed by atoms with E-state index in [9.17, 15) is 28.1 Å². The molecule has 0 amide bonds. The summed E-state index contributed by atoms with van der Waals surface area (Å²) in [6, 6.07) is 1.16. The second-order valence-electron chi connectivity index (χ2n) is 3.04. The first-order valence-corrected chi connectivity index (χ1v) is 4.67. The van der Waals surface area contributed by atoms with Gasteiger partial charge in [-0.2, -0.15) is 13.2 Å². The molecule has 9 heteroatoms. The van der Waals surface area contributed by atoms with Crippen LogP contribution in [0.2, 0.25) is 0 Å². The number of hydrogen-bond donors (Lipinski definition) is 0. The molecule has 1 aromatic rings. The van der Waals surface area contributed by atoms with Gasteiger partial charge in [-0.05, 0) is 29.0 Å². The molecule has 1 rings (SSSR count). The minimum absolute atomic E-state index is 0.0585. The lowest BCUT2D eigenvalue weighted by atomic mass is 10.2. The maximum atomic E-state index is 12.3. The number of nitro groups is 1. The molecule has 0 aromatic carbocycles. The minimum Gasteiger partial charge on any atom is -0.462 e. The molecule has 0 N–H and O–H groups in total. The predicted molar refractivity (Wildman–Crippen MR) is 51.8 cm³/mol. The fraction of sp³-hybridized carbons (Fsp3) is 0.333. The maximum absolute atomic E-state index is 12.3. The summed E-state index contributed by atoms with van der Waals surface area (Å²) in [5.74, 6) is -2.27. The van der Waals surface area contributed by atoms with E-state index in [1.165, 1.54) is 6.92 Å². The molecule has 0 radical (unpaired) electrons. The molecule has 0 atom stereocenters. The first-order chi connectivity index (χ1) is 8.27. The Kier molecular flexibility index (Phi) is 3.84. The van der Waals surface area contributed by atoms with Crippen molar-refractivity contribution < 1.29 is 27.6 Å². The van der Waals surface area contributed by atoms with Gasteiger partial charge in [0.15, 0.2) is 5.56 Å². The van der Waals surface area contributed by atoms with Crippen LogP contribution >= 0.6 is 0 Å². The number of carbonyl (C=O) groups is 1. The van der Waals surface area contributed by atoms with Gasteiger partial charge < -0.3 is 14.9 Å². The summed E-state index contributed by atoms with van der Waals surface area (Å²) < 4.78 is 41.4. The summed E-state index contributed by atoms with van der Waals surface area (Å²) in [7, 11) is 0. The van der Waals surface area contributed by atoms with Crippen LogP contribution in [0, 0.1) is 10.1 Å². The van der Waals surface area contributed by atoms with Crippen molar-refractivity contribution in [3.63, 3.8) is 0 Å². The number of carbonyl (C=O) groups excluding carboxylic acids is 1. The molecule has 0 aliphatic heterocycles. The molecular weight excluding hydrogens is 257 g/mol. The Labute approximate surface area is 98.5 Å². The Morgan fingerprint density at radius 3 is 2.56 bits per heavy atom. The minimum atomic E-state index is -4.82. The largest absolute Gasteiger partial charge is 0.462 e. The summed E-state index contributed by atoms with van der Waals surface area (Å²) in [5, 5.41) is 10.6. The van der Waals surface area contributed by atoms with Gasteiger partial charge in [-0.3, -0.25) is 0 Å². The standard InChI is InChI=1S/C9H7F3N2O4/c1-2-18-8(15)5-3-4-6(9(10,11)12)13-7(5)14(16)17/h3-4H,2H2,1H3. The van der Waals surface area contributed by atoms with Gasteiger partial charge in [0, 0.05) is 0 Å². The number of alkyl halides is 3. The smallest absolute Gasteiger partial charge is 0.457 e. The summed E-state index contributed by atoms with van der Waals surface area (Å²) in [6.07, 6.45) is -4.82. The molecule has 1 heterocycles. The number of esters is 1. The zero-order chi connectivity index (χ0) is 13.9. The zero-order valence-corrected chi connectivity index (χ0v) is 9.02. The number of ether oxygens (including phenoxy) is 1. The Morgan fingerprint density at radius 2 is 2.11 bits per heavy atom. The molecule has 98 valence electrons. The Bertz CT molecular complexity index is 487. The van der Waals surface area contributed by atoms with Crippen LogP contribution in [0.15, 0.2) is 12.1 Å². The monoisotopic (exact) mass is 264 g/mol. The van der Waals surface area contributed by atoms with Crippen molar-refractivity contribution >= 4 is 11.8 Å². The molecule has 0 bridgehead atoms. The summed E-state index contributed by atoms with van der Waals surface area (Å²) in [5.41, 5.74) is -2.06. The van der Waals surface area contributed by atoms with E-state index in [0.29, 0.717) is 12.1 Å². The SMILES string of the molecule is CCOC(=O)c1ccc(C(F)(F)F)nc1[N+](=O)[O-]. The maximum Gasteiger partial charge on any atom is 0.457 e. The Balaban J connectivity index is 3.30. The molecule has 6 nitrogen and oxygen atoms in total. The van der Waals surface area contributed by atoms with Gasteiger partial charge in [-0.1, -0.05) is 0 Å². The summed E-state index contributed by atoms with van der Waals surface area (Å²) >= 11 is 0. The first-order valence-electron chi connectivity index (χ1n) is 4.67. The van der Waals surface area contributed by atoms with Crippen molar-refractivity contribution in [2.75, 3.05) is 6.61 Å². The third-order valence-corrected chi connectivity index (χ3v) is 1.83. The normalized spacial score (nSPS) is 11.1. The van der Waals surface area contributed by atoms with Crippen LogP contribution in [-0.2, 0) is 10.9 Å². The van der Waals surface area contributed by atoms with Gasteiger partial charge in [0.1, 0.15) is 0 Å². The lowest BCUT2D eigenvalue weighted by Gasteiger charge is -2.05. The van der Waals surface area contributed by atoms with Crippen LogP contribution in [0.3, 0.4) is 0 Å². The molecule has 1 aromatic heterocycles. The molecule has 0 saturated heterocycles. The number of aromatic nitrogens is 1. The summed E-state index contributed by atoms with van der Waals surface area (Å²) in [6.45, 7) is 1.40. The lowest BCUT2D eigenvalue weighted by molar-refractivity contribution is -0.390. The second-order valence-corrected chi connectivity index (χ2v) is 3.04. The topological polar surface area (TPSA) is 82.3 Å². The molecule has 0 aliphatic carbocycles. The fourth-order valence-corrected chi connectivity index (χ4v) is 1.11. The van der Waals surface area contributed by atoms with Crippen molar-refractivity contribution in [3.05, 3.63) is 33.5 Å². The average Bonchev–Trinajstić information content (AvgIpc) is 2.27. The highest BCUT2D eigenvalue weighted by molar-refractivity contribution is 5.93. The van der Waals surface area contributed by atoms with Crippen molar-refractivity contribution in [2.24, 2.45) is 0 Å². The van der Waals surface area contributed by atoms with E-state index in [4.69, 9.17) is 0 Å². The zero-order valence-electron chi connectivity index (χ0n) is 9.02. The van der Waals surface area contributed by atoms with E-state index < -0.39 is 34.1 Å². The Morgan fingerprint density at radius 1 is 1.50 bits per heavy atom. The van der Waals surface area contributed by atoms with Crippen molar-refractivity contribution in [3.8, 4) is 0 Å². The van der Waals surface area contributed by atoms with E-state index in [2.05, 4.69) is 9.72 Å². The van der Waals surface area contributed by atoms with E-state index in [0.717, 1.165) is 0 Å². The number of hydrogen-bond acceptors (Lipinski definition) is 5. The van der Waals surface area contributed by atoms with Gasteiger partial charge in [0.05, 0.1) is 6.61 Å². The third-order valence-electron chi connectivity index (χ3n) is 1.83. The lowest BCUT2D eigenvalue weighted by Crippen LogP contribution is -2.14. The van der Waals surface area contributed by atoms with Crippen LogP contribution in [0.1, 0.15) is 23.0 Å². The second kappa shape index (κ2) is 4.98. The molecule has 0 spiro atoms. The van der Waals surface area contributed by atoms with E-state index in [-0.39, 0.29) is 6.61 Å². The number of pyridine rings is 1. The Hall–Kier alpha value is -2.19. The fourth-order valence-electron chi connectivity index (χ4n) is 1.11. The van der Waals surface area contributed by atoms with E-state index in [1.54, 1.807) is 0 Å². The van der Waals surface area contributed by atoms with Crippen molar-refractivity contribution in [2.45, 2.75) is 13.1 Å². The van der Waals surface area contributed by atoms with Crippen LogP contribution in [0.4, 0.5) is 19.0 Å². The van der Waals surface area contributed by atoms with Crippen LogP contribution < -0.4 is 0 Å². The van der Waals surface area contributed by atoms with Gasteiger partial charge >= 0.3 is 18.0 Å². The van der Waals surface area contributed by atoms with Crippen LogP contribution in [-0.4, -0.2) is 22.5 Å². The highest BCUT2D eigenvalue weighted by Crippen LogP contribution is 2.30. The molecule has 0 fully saturated rings. The molecular formula is C9H7F3N2O4. The molecule has 0 aliphatic rings. The highest BCUT2D eigenvalue weighted by Gasteiger charge is 2.39. The molecule has 0 saturated carbocycles. The van der Waals surface area contributed by atoms with Gasteiger partial charge in [-0.25, -0.2) is 4.79 Å². The molecule has 18 heavy (non-hydrogen) atoms. The van der Waals surface area contributed by atoms with Crippen LogP contribution in [0.5, 0.6) is 0 Å². The van der Waals surface area contributed by atoms with Crippen molar-refractivity contribution in [1.29, 1.82) is 0 Å². The molecule has 0 unspecified atom stereocenters.